The Bertz CT molecular complexity index is 729. The van der Waals surface area contributed by atoms with Gasteiger partial charge in [-0.2, -0.15) is 0 Å². The summed E-state index contributed by atoms with van der Waals surface area (Å²) < 4.78 is 0. The number of aliphatic hydroxyl groups is 2. The van der Waals surface area contributed by atoms with Gasteiger partial charge >= 0.3 is 0 Å². The summed E-state index contributed by atoms with van der Waals surface area (Å²) in [5.41, 5.74) is 7.36. The summed E-state index contributed by atoms with van der Waals surface area (Å²) >= 11 is 0. The molecule has 8 heteroatoms. The zero-order valence-corrected chi connectivity index (χ0v) is 15.2. The molecule has 0 bridgehead atoms. The lowest BCUT2D eigenvalue weighted by Gasteiger charge is -2.23. The molecule has 146 valence electrons. The molecule has 1 fully saturated rings. The van der Waals surface area contributed by atoms with E-state index in [0.717, 1.165) is 17.2 Å². The minimum absolute atomic E-state index is 0.00602. The van der Waals surface area contributed by atoms with Gasteiger partial charge in [-0.25, -0.2) is 0 Å². The van der Waals surface area contributed by atoms with Crippen molar-refractivity contribution in [2.24, 2.45) is 5.73 Å². The number of benzene rings is 1. The fraction of sp³-hybridized carbons (Fsp3) is 0.421. The minimum Gasteiger partial charge on any atom is -0.400 e. The van der Waals surface area contributed by atoms with E-state index in [1.54, 1.807) is 0 Å². The summed E-state index contributed by atoms with van der Waals surface area (Å²) in [6.07, 6.45) is -0.183. The molecule has 5 N–H and O–H groups in total. The molecule has 1 aromatic carbocycles. The summed E-state index contributed by atoms with van der Waals surface area (Å²) in [5.74, 6) is -1.50. The monoisotopic (exact) mass is 375 g/mol. The van der Waals surface area contributed by atoms with Crippen molar-refractivity contribution in [3.63, 3.8) is 0 Å². The number of nitrogens with one attached hydrogen (secondary N) is 1. The highest BCUT2D eigenvalue weighted by atomic mass is 16.3. The van der Waals surface area contributed by atoms with Crippen LogP contribution in [-0.2, 0) is 20.9 Å². The molecule has 0 unspecified atom stereocenters. The standard InChI is InChI=1S/C19H25N3O5/c1-12-2-4-13(5-3-12)9-21-19(27)17-7-16(25)10-22(17)18(26)8-15(24)6-14(20)11-23/h2-6,16-17,23,25H,7-11,20H2,1H3,(H,21,27)/t16-,17+/m1/s1. The third kappa shape index (κ3) is 5.90. The number of hydrogen-bond donors (Lipinski definition) is 4. The van der Waals surface area contributed by atoms with Crippen molar-refractivity contribution in [3.8, 4) is 0 Å². The zero-order chi connectivity index (χ0) is 20.0. The molecule has 2 rings (SSSR count). The van der Waals surface area contributed by atoms with E-state index in [2.05, 4.69) is 5.32 Å². The molecule has 8 nitrogen and oxygen atoms in total. The molecule has 2 atom stereocenters. The van der Waals surface area contributed by atoms with Crippen LogP contribution >= 0.6 is 0 Å². The lowest BCUT2D eigenvalue weighted by molar-refractivity contribution is -0.140. The number of aryl methyl sites for hydroxylation is 1. The number of likely N-dealkylation sites (tertiary alicyclic amines) is 1. The third-order valence-corrected chi connectivity index (χ3v) is 4.34. The molecule has 0 radical (unpaired) electrons. The Kier molecular flexibility index (Phi) is 7.09. The van der Waals surface area contributed by atoms with Crippen LogP contribution in [0.3, 0.4) is 0 Å². The van der Waals surface area contributed by atoms with E-state index in [1.807, 2.05) is 31.2 Å². The second-order valence-electron chi connectivity index (χ2n) is 6.68. The maximum atomic E-state index is 12.5. The van der Waals surface area contributed by atoms with E-state index in [0.29, 0.717) is 6.54 Å². The molecule has 0 aromatic heterocycles. The molecule has 1 aliphatic rings. The average Bonchev–Trinajstić information content (AvgIpc) is 3.02. The largest absolute Gasteiger partial charge is 0.400 e. The Morgan fingerprint density at radius 1 is 1.30 bits per heavy atom. The summed E-state index contributed by atoms with van der Waals surface area (Å²) in [6.45, 7) is 1.79. The molecular formula is C19H25N3O5. The average molecular weight is 375 g/mol. The van der Waals surface area contributed by atoms with Crippen LogP contribution in [0, 0.1) is 6.92 Å². The number of carbonyl (C=O) groups is 3. The predicted molar refractivity (Wildman–Crippen MR) is 98.1 cm³/mol. The molecule has 1 aliphatic heterocycles. The zero-order valence-electron chi connectivity index (χ0n) is 15.2. The molecule has 0 aliphatic carbocycles. The molecule has 1 heterocycles. The number of nitrogens with two attached hydrogens (primary N) is 1. The van der Waals surface area contributed by atoms with Crippen molar-refractivity contribution in [2.75, 3.05) is 13.2 Å². The number of nitrogens with zero attached hydrogens (tertiary/aromatic N) is 1. The molecule has 2 amide bonds. The van der Waals surface area contributed by atoms with Gasteiger partial charge in [0.15, 0.2) is 5.78 Å². The van der Waals surface area contributed by atoms with E-state index in [-0.39, 0.29) is 24.6 Å². The van der Waals surface area contributed by atoms with E-state index in [4.69, 9.17) is 10.8 Å². The smallest absolute Gasteiger partial charge is 0.243 e. The van der Waals surface area contributed by atoms with Crippen molar-refractivity contribution >= 4 is 17.6 Å². The second-order valence-corrected chi connectivity index (χ2v) is 6.68. The van der Waals surface area contributed by atoms with Gasteiger partial charge in [-0.15, -0.1) is 0 Å². The van der Waals surface area contributed by atoms with Gasteiger partial charge in [0.1, 0.15) is 6.04 Å². The maximum absolute atomic E-state index is 12.5. The highest BCUT2D eigenvalue weighted by Gasteiger charge is 2.38. The summed E-state index contributed by atoms with van der Waals surface area (Å²) in [7, 11) is 0. The fourth-order valence-corrected chi connectivity index (χ4v) is 2.90. The Morgan fingerprint density at radius 3 is 2.59 bits per heavy atom. The molecular weight excluding hydrogens is 350 g/mol. The van der Waals surface area contributed by atoms with Gasteiger partial charge in [0.25, 0.3) is 0 Å². The van der Waals surface area contributed by atoms with Gasteiger partial charge in [0, 0.05) is 31.3 Å². The number of β-amino-alcohol motifs (C(OH)–C–C–N with tert-alkyl or cyclic N) is 1. The van der Waals surface area contributed by atoms with Crippen LogP contribution in [0.2, 0.25) is 0 Å². The lowest BCUT2D eigenvalue weighted by Crippen LogP contribution is -2.46. The van der Waals surface area contributed by atoms with Crippen LogP contribution in [-0.4, -0.2) is 58.0 Å². The lowest BCUT2D eigenvalue weighted by atomic mass is 10.1. The Labute approximate surface area is 157 Å². The van der Waals surface area contributed by atoms with Crippen molar-refractivity contribution in [1.82, 2.24) is 10.2 Å². The van der Waals surface area contributed by atoms with Crippen LogP contribution < -0.4 is 11.1 Å². The first-order chi connectivity index (χ1) is 12.8. The van der Waals surface area contributed by atoms with Crippen molar-refractivity contribution < 1.29 is 24.6 Å². The SMILES string of the molecule is Cc1ccc(CNC(=O)[C@@H]2C[C@@H](O)CN2C(=O)CC(=O)C=C(N)CO)cc1. The van der Waals surface area contributed by atoms with Crippen molar-refractivity contribution in [3.05, 3.63) is 47.2 Å². The quantitative estimate of drug-likeness (QED) is 0.370. The summed E-state index contributed by atoms with van der Waals surface area (Å²) in [4.78, 5) is 37.9. The first-order valence-electron chi connectivity index (χ1n) is 8.70. The first kappa shape index (κ1) is 20.6. The Hall–Kier alpha value is -2.71. The van der Waals surface area contributed by atoms with Gasteiger partial charge in [-0.05, 0) is 12.5 Å². The molecule has 27 heavy (non-hydrogen) atoms. The fourth-order valence-electron chi connectivity index (χ4n) is 2.90. The number of ketones is 1. The van der Waals surface area contributed by atoms with Crippen LogP contribution in [0.5, 0.6) is 0 Å². The van der Waals surface area contributed by atoms with Gasteiger partial charge in [0.05, 0.1) is 19.1 Å². The highest BCUT2D eigenvalue weighted by Crippen LogP contribution is 2.19. The normalized spacial score (nSPS) is 19.8. The van der Waals surface area contributed by atoms with Crippen LogP contribution in [0.1, 0.15) is 24.0 Å². The van der Waals surface area contributed by atoms with Crippen LogP contribution in [0.25, 0.3) is 0 Å². The predicted octanol–water partition coefficient (Wildman–Crippen LogP) is -0.633. The van der Waals surface area contributed by atoms with Crippen molar-refractivity contribution in [1.29, 1.82) is 0 Å². The van der Waals surface area contributed by atoms with E-state index < -0.39 is 36.9 Å². The molecule has 1 saturated heterocycles. The molecule has 0 spiro atoms. The van der Waals surface area contributed by atoms with Crippen LogP contribution in [0.15, 0.2) is 36.0 Å². The minimum atomic E-state index is -0.829. The van der Waals surface area contributed by atoms with E-state index >= 15 is 0 Å². The maximum Gasteiger partial charge on any atom is 0.243 e. The van der Waals surface area contributed by atoms with Gasteiger partial charge in [-0.3, -0.25) is 14.4 Å². The number of allylic oxidation sites excluding steroid dienone is 1. The number of rotatable bonds is 7. The van der Waals surface area contributed by atoms with Gasteiger partial charge in [-0.1, -0.05) is 29.8 Å². The molecule has 0 saturated carbocycles. The number of hydrogen-bond acceptors (Lipinski definition) is 6. The van der Waals surface area contributed by atoms with Crippen LogP contribution in [0.4, 0.5) is 0 Å². The summed E-state index contributed by atoms with van der Waals surface area (Å²) in [5, 5.41) is 21.5. The van der Waals surface area contributed by atoms with Crippen molar-refractivity contribution in [2.45, 2.75) is 38.5 Å². The van der Waals surface area contributed by atoms with Gasteiger partial charge in [0.2, 0.25) is 11.8 Å². The Morgan fingerprint density at radius 2 is 1.96 bits per heavy atom. The molecule has 1 aromatic rings. The van der Waals surface area contributed by atoms with E-state index in [1.165, 1.54) is 4.90 Å². The second kappa shape index (κ2) is 9.29. The third-order valence-electron chi connectivity index (χ3n) is 4.34. The van der Waals surface area contributed by atoms with Gasteiger partial charge < -0.3 is 26.2 Å². The summed E-state index contributed by atoms with van der Waals surface area (Å²) in [6, 6.07) is 6.85. The number of amides is 2. The number of aliphatic hydroxyl groups excluding tert-OH is 2. The Balaban J connectivity index is 1.97. The highest BCUT2D eigenvalue weighted by molar-refractivity contribution is 6.05. The number of carbonyl (C=O) groups excluding carboxylic acids is 3. The van der Waals surface area contributed by atoms with E-state index in [9.17, 15) is 19.5 Å². The topological polar surface area (TPSA) is 133 Å². The first-order valence-corrected chi connectivity index (χ1v) is 8.70.